The fraction of sp³-hybridized carbons (Fsp3) is 0.471. The Morgan fingerprint density at radius 3 is 2.65 bits per heavy atom. The number of nitrogens with one attached hydrogen (secondary N) is 1. The number of benzene rings is 1. The first-order chi connectivity index (χ1) is 10.8. The third-order valence-electron chi connectivity index (χ3n) is 3.46. The van der Waals surface area contributed by atoms with Gasteiger partial charge in [0.1, 0.15) is 5.75 Å². The normalized spacial score (nSPS) is 19.7. The molecule has 2 rings (SSSR count). The minimum atomic E-state index is -1.44. The van der Waals surface area contributed by atoms with E-state index in [4.69, 9.17) is 9.47 Å². The van der Waals surface area contributed by atoms with Gasteiger partial charge in [0, 0.05) is 5.56 Å². The maximum Gasteiger partial charge on any atom is 0.328 e. The van der Waals surface area contributed by atoms with E-state index in [1.807, 2.05) is 45.0 Å². The van der Waals surface area contributed by atoms with Gasteiger partial charge in [0.15, 0.2) is 12.1 Å². The average Bonchev–Trinajstić information content (AvgIpc) is 2.81. The third-order valence-corrected chi connectivity index (χ3v) is 5.04. The largest absolute Gasteiger partial charge is 0.483 e. The van der Waals surface area contributed by atoms with Crippen LogP contribution in [-0.4, -0.2) is 33.7 Å². The monoisotopic (exact) mass is 337 g/mol. The van der Waals surface area contributed by atoms with Gasteiger partial charge in [0.2, 0.25) is 0 Å². The van der Waals surface area contributed by atoms with Crippen molar-refractivity contribution in [3.8, 4) is 5.75 Å². The van der Waals surface area contributed by atoms with Crippen LogP contribution in [0.25, 0.3) is 5.57 Å². The Labute approximate surface area is 139 Å². The number of esters is 1. The maximum absolute atomic E-state index is 12.4. The van der Waals surface area contributed by atoms with Gasteiger partial charge in [-0.25, -0.2) is 8.93 Å². The van der Waals surface area contributed by atoms with Gasteiger partial charge in [-0.05, 0) is 39.3 Å². The summed E-state index contributed by atoms with van der Waals surface area (Å²) in [6.07, 6.45) is -0.641. The summed E-state index contributed by atoms with van der Waals surface area (Å²) in [4.78, 5) is 12.3. The van der Waals surface area contributed by atoms with Gasteiger partial charge < -0.3 is 9.47 Å². The molecule has 0 saturated heterocycles. The maximum atomic E-state index is 12.4. The zero-order valence-electron chi connectivity index (χ0n) is 13.9. The SMILES string of the molecule is C=C1c2ccccc2O[C@@H]1[C@@H](N[S@](=O)C(C)(C)C)C(=O)OCC. The molecule has 1 aliphatic rings. The summed E-state index contributed by atoms with van der Waals surface area (Å²) in [6, 6.07) is 6.57. The average molecular weight is 337 g/mol. The Morgan fingerprint density at radius 1 is 1.43 bits per heavy atom. The molecular formula is C17H23NO4S. The van der Waals surface area contributed by atoms with E-state index < -0.39 is 33.8 Å². The van der Waals surface area contributed by atoms with Gasteiger partial charge in [-0.15, -0.1) is 0 Å². The van der Waals surface area contributed by atoms with E-state index in [0.29, 0.717) is 11.3 Å². The van der Waals surface area contributed by atoms with E-state index in [9.17, 15) is 9.00 Å². The van der Waals surface area contributed by atoms with Gasteiger partial charge in [-0.1, -0.05) is 24.8 Å². The first-order valence-corrected chi connectivity index (χ1v) is 8.70. The number of fused-ring (bicyclic) bond motifs is 1. The summed E-state index contributed by atoms with van der Waals surface area (Å²) < 4.78 is 25.8. The molecule has 1 aromatic carbocycles. The standard InChI is InChI=1S/C17H23NO4S/c1-6-21-16(19)14(18-23(20)17(3,4)5)15-11(2)12-9-7-8-10-13(12)22-15/h7-10,14-15,18H,2,6H2,1,3-5H3/t14-,15+,23-/m1/s1. The van der Waals surface area contributed by atoms with E-state index >= 15 is 0 Å². The second kappa shape index (κ2) is 6.84. The molecule has 0 unspecified atom stereocenters. The molecular weight excluding hydrogens is 314 g/mol. The Bertz CT molecular complexity index is 636. The highest BCUT2D eigenvalue weighted by atomic mass is 32.2. The number of hydrogen-bond acceptors (Lipinski definition) is 4. The number of rotatable bonds is 5. The molecule has 0 amide bonds. The minimum absolute atomic E-state index is 0.241. The van der Waals surface area contributed by atoms with E-state index in [0.717, 1.165) is 5.56 Å². The molecule has 23 heavy (non-hydrogen) atoms. The fourth-order valence-corrected chi connectivity index (χ4v) is 3.03. The van der Waals surface area contributed by atoms with Crippen molar-refractivity contribution in [2.75, 3.05) is 6.61 Å². The highest BCUT2D eigenvalue weighted by Crippen LogP contribution is 2.37. The number of ether oxygens (including phenoxy) is 2. The molecule has 6 heteroatoms. The number of carbonyl (C=O) groups is 1. The Hall–Kier alpha value is -1.66. The molecule has 0 aliphatic carbocycles. The molecule has 126 valence electrons. The van der Waals surface area contributed by atoms with Crippen LogP contribution in [0, 0.1) is 0 Å². The first kappa shape index (κ1) is 17.7. The van der Waals surface area contributed by atoms with Crippen molar-refractivity contribution in [1.29, 1.82) is 0 Å². The molecule has 3 atom stereocenters. The van der Waals surface area contributed by atoms with Crippen LogP contribution in [0.15, 0.2) is 30.8 Å². The minimum Gasteiger partial charge on any atom is -0.483 e. The third kappa shape index (κ3) is 3.82. The van der Waals surface area contributed by atoms with Crippen molar-refractivity contribution < 1.29 is 18.5 Å². The zero-order valence-corrected chi connectivity index (χ0v) is 14.7. The van der Waals surface area contributed by atoms with Crippen LogP contribution < -0.4 is 9.46 Å². The summed E-state index contributed by atoms with van der Waals surface area (Å²) in [5.74, 6) is 0.171. The van der Waals surface area contributed by atoms with E-state index in [-0.39, 0.29) is 6.61 Å². The van der Waals surface area contributed by atoms with E-state index in [1.54, 1.807) is 6.92 Å². The number of hydrogen-bond donors (Lipinski definition) is 1. The lowest BCUT2D eigenvalue weighted by molar-refractivity contribution is -0.146. The van der Waals surface area contributed by atoms with Gasteiger partial charge in [0.25, 0.3) is 0 Å². The van der Waals surface area contributed by atoms with Crippen LogP contribution in [-0.2, 0) is 20.5 Å². The van der Waals surface area contributed by atoms with Gasteiger partial charge >= 0.3 is 5.97 Å². The van der Waals surface area contributed by atoms with E-state index in [2.05, 4.69) is 11.3 Å². The smallest absolute Gasteiger partial charge is 0.328 e. The summed E-state index contributed by atoms with van der Waals surface area (Å²) in [5.41, 5.74) is 1.53. The van der Waals surface area contributed by atoms with Crippen molar-refractivity contribution >= 4 is 22.5 Å². The molecule has 0 radical (unpaired) electrons. The van der Waals surface area contributed by atoms with Crippen molar-refractivity contribution in [2.45, 2.75) is 44.6 Å². The molecule has 1 aromatic rings. The highest BCUT2D eigenvalue weighted by Gasteiger charge is 2.40. The molecule has 0 saturated carbocycles. The van der Waals surface area contributed by atoms with Crippen LogP contribution in [0.5, 0.6) is 5.75 Å². The molecule has 0 spiro atoms. The molecule has 1 N–H and O–H groups in total. The summed E-state index contributed by atoms with van der Waals surface area (Å²) in [6.45, 7) is 11.5. The van der Waals surface area contributed by atoms with E-state index in [1.165, 1.54) is 0 Å². The Morgan fingerprint density at radius 2 is 2.09 bits per heavy atom. The van der Waals surface area contributed by atoms with Gasteiger partial charge in [0.05, 0.1) is 22.3 Å². The summed E-state index contributed by atoms with van der Waals surface area (Å²) in [7, 11) is -1.44. The fourth-order valence-electron chi connectivity index (χ4n) is 2.22. The number of para-hydroxylation sites is 1. The second-order valence-electron chi connectivity index (χ2n) is 6.29. The predicted octanol–water partition coefficient (Wildman–Crippen LogP) is 2.44. The lowest BCUT2D eigenvalue weighted by atomic mass is 10.00. The summed E-state index contributed by atoms with van der Waals surface area (Å²) >= 11 is 0. The molecule has 5 nitrogen and oxygen atoms in total. The summed E-state index contributed by atoms with van der Waals surface area (Å²) in [5, 5.41) is 0. The topological polar surface area (TPSA) is 64.6 Å². The van der Waals surface area contributed by atoms with Crippen LogP contribution in [0.1, 0.15) is 33.3 Å². The van der Waals surface area contributed by atoms with Crippen LogP contribution in [0.3, 0.4) is 0 Å². The highest BCUT2D eigenvalue weighted by molar-refractivity contribution is 7.84. The first-order valence-electron chi connectivity index (χ1n) is 7.55. The van der Waals surface area contributed by atoms with Crippen LogP contribution in [0.4, 0.5) is 0 Å². The lowest BCUT2D eigenvalue weighted by Gasteiger charge is -2.26. The van der Waals surface area contributed by atoms with Crippen molar-refractivity contribution in [1.82, 2.24) is 4.72 Å². The zero-order chi connectivity index (χ0) is 17.2. The van der Waals surface area contributed by atoms with Crippen LogP contribution >= 0.6 is 0 Å². The molecule has 0 bridgehead atoms. The second-order valence-corrected chi connectivity index (χ2v) is 8.29. The Balaban J connectivity index is 2.27. The van der Waals surface area contributed by atoms with Gasteiger partial charge in [-0.2, -0.15) is 0 Å². The van der Waals surface area contributed by atoms with Crippen molar-refractivity contribution in [3.63, 3.8) is 0 Å². The molecule has 0 aromatic heterocycles. The quantitative estimate of drug-likeness (QED) is 0.838. The van der Waals surface area contributed by atoms with Crippen LogP contribution in [0.2, 0.25) is 0 Å². The van der Waals surface area contributed by atoms with Gasteiger partial charge in [-0.3, -0.25) is 4.79 Å². The molecule has 1 aliphatic heterocycles. The number of carbonyl (C=O) groups excluding carboxylic acids is 1. The Kier molecular flexibility index (Phi) is 5.26. The molecule has 0 fully saturated rings. The van der Waals surface area contributed by atoms with Crippen molar-refractivity contribution in [2.24, 2.45) is 0 Å². The lowest BCUT2D eigenvalue weighted by Crippen LogP contribution is -2.52. The van der Waals surface area contributed by atoms with Crippen molar-refractivity contribution in [3.05, 3.63) is 36.4 Å². The predicted molar refractivity (Wildman–Crippen MR) is 91.3 cm³/mol. The molecule has 1 heterocycles.